The maximum atomic E-state index is 4.53. The van der Waals surface area contributed by atoms with Gasteiger partial charge in [0.2, 0.25) is 0 Å². The van der Waals surface area contributed by atoms with Crippen LogP contribution < -0.4 is 0 Å². The first-order chi connectivity index (χ1) is 7.90. The Morgan fingerprint density at radius 2 is 1.94 bits per heavy atom. The molecule has 0 bridgehead atoms. The minimum atomic E-state index is 0.807. The summed E-state index contributed by atoms with van der Waals surface area (Å²) in [4.78, 5) is 8.83. The lowest BCUT2D eigenvalue weighted by molar-refractivity contribution is 1.04. The van der Waals surface area contributed by atoms with E-state index in [1.165, 1.54) is 0 Å². The van der Waals surface area contributed by atoms with Crippen LogP contribution in [0.5, 0.6) is 0 Å². The summed E-state index contributed by atoms with van der Waals surface area (Å²) in [6.07, 6.45) is 2.99. The van der Waals surface area contributed by atoms with Crippen molar-refractivity contribution < 1.29 is 0 Å². The van der Waals surface area contributed by atoms with Crippen molar-refractivity contribution in [2.75, 3.05) is 5.75 Å². The number of nitrogens with zero attached hydrogens (tertiary/aromatic N) is 2. The third-order valence-corrected chi connectivity index (χ3v) is 3.25. The molecule has 0 fully saturated rings. The Morgan fingerprint density at radius 1 is 1.12 bits per heavy atom. The summed E-state index contributed by atoms with van der Waals surface area (Å²) in [5.41, 5.74) is 1.07. The normalized spacial score (nSPS) is 10.3. The summed E-state index contributed by atoms with van der Waals surface area (Å²) in [6.45, 7) is 2.17. The second kappa shape index (κ2) is 5.66. The molecule has 0 atom stereocenters. The fourth-order valence-electron chi connectivity index (χ4n) is 1.36. The molecule has 0 amide bonds. The molecule has 0 spiro atoms. The van der Waals surface area contributed by atoms with Gasteiger partial charge < -0.3 is 0 Å². The minimum Gasteiger partial charge on any atom is -0.237 e. The molecule has 0 saturated carbocycles. The van der Waals surface area contributed by atoms with Crippen LogP contribution in [-0.4, -0.2) is 15.7 Å². The highest BCUT2D eigenvalue weighted by atomic mass is 32.2. The van der Waals surface area contributed by atoms with Crippen molar-refractivity contribution in [1.29, 1.82) is 0 Å². The van der Waals surface area contributed by atoms with Crippen LogP contribution in [0.4, 0.5) is 0 Å². The minimum absolute atomic E-state index is 0.807. The third-order valence-electron chi connectivity index (χ3n) is 2.12. The molecule has 2 aromatic rings. The standard InChI is InChI=1S/C13H14N2S/c1-2-10-16-12-8-9-14-13(15-12)11-6-4-3-5-7-11/h3-9H,2,10H2,1H3. The van der Waals surface area contributed by atoms with Crippen molar-refractivity contribution in [3.8, 4) is 11.4 Å². The average Bonchev–Trinajstić information content (AvgIpc) is 2.38. The first-order valence-corrected chi connectivity index (χ1v) is 6.40. The number of hydrogen-bond acceptors (Lipinski definition) is 3. The molecular weight excluding hydrogens is 216 g/mol. The van der Waals surface area contributed by atoms with Crippen LogP contribution in [-0.2, 0) is 0 Å². The zero-order chi connectivity index (χ0) is 11.2. The molecule has 0 N–H and O–H groups in total. The van der Waals surface area contributed by atoms with E-state index in [1.807, 2.05) is 42.6 Å². The van der Waals surface area contributed by atoms with Gasteiger partial charge in [-0.2, -0.15) is 0 Å². The summed E-state index contributed by atoms with van der Waals surface area (Å²) in [6, 6.07) is 12.0. The second-order valence-corrected chi connectivity index (χ2v) is 4.55. The van der Waals surface area contributed by atoms with E-state index in [0.29, 0.717) is 0 Å². The number of aromatic nitrogens is 2. The van der Waals surface area contributed by atoms with Crippen molar-refractivity contribution >= 4 is 11.8 Å². The van der Waals surface area contributed by atoms with E-state index in [1.54, 1.807) is 11.8 Å². The topological polar surface area (TPSA) is 25.8 Å². The monoisotopic (exact) mass is 230 g/mol. The Kier molecular flexibility index (Phi) is 3.94. The fraction of sp³-hybridized carbons (Fsp3) is 0.231. The molecule has 1 aromatic heterocycles. The third kappa shape index (κ3) is 2.83. The Labute approximate surface area is 100 Å². The van der Waals surface area contributed by atoms with Crippen molar-refractivity contribution in [2.45, 2.75) is 18.4 Å². The molecule has 1 heterocycles. The quantitative estimate of drug-likeness (QED) is 0.592. The molecule has 0 aliphatic heterocycles. The predicted octanol–water partition coefficient (Wildman–Crippen LogP) is 3.65. The molecule has 0 saturated heterocycles. The molecule has 82 valence electrons. The first-order valence-electron chi connectivity index (χ1n) is 5.41. The van der Waals surface area contributed by atoms with Crippen molar-refractivity contribution in [3.63, 3.8) is 0 Å². The molecular formula is C13H14N2S. The average molecular weight is 230 g/mol. The highest BCUT2D eigenvalue weighted by Gasteiger charge is 2.01. The number of benzene rings is 1. The summed E-state index contributed by atoms with van der Waals surface area (Å²) >= 11 is 1.78. The van der Waals surface area contributed by atoms with Gasteiger partial charge in [-0.15, -0.1) is 11.8 Å². The van der Waals surface area contributed by atoms with Crippen LogP contribution in [0.3, 0.4) is 0 Å². The highest BCUT2D eigenvalue weighted by Crippen LogP contribution is 2.19. The smallest absolute Gasteiger partial charge is 0.160 e. The fourth-order valence-corrected chi connectivity index (χ4v) is 2.08. The van der Waals surface area contributed by atoms with E-state index < -0.39 is 0 Å². The van der Waals surface area contributed by atoms with Gasteiger partial charge in [-0.25, -0.2) is 9.97 Å². The van der Waals surface area contributed by atoms with Gasteiger partial charge in [0.15, 0.2) is 5.82 Å². The van der Waals surface area contributed by atoms with Gasteiger partial charge in [-0.1, -0.05) is 37.3 Å². The van der Waals surface area contributed by atoms with Gasteiger partial charge in [0.1, 0.15) is 5.03 Å². The lowest BCUT2D eigenvalue weighted by Crippen LogP contribution is -1.90. The van der Waals surface area contributed by atoms with Gasteiger partial charge in [-0.3, -0.25) is 0 Å². The van der Waals surface area contributed by atoms with Crippen LogP contribution in [0.25, 0.3) is 11.4 Å². The zero-order valence-electron chi connectivity index (χ0n) is 9.26. The second-order valence-electron chi connectivity index (χ2n) is 3.43. The van der Waals surface area contributed by atoms with E-state index in [0.717, 1.165) is 28.6 Å². The summed E-state index contributed by atoms with van der Waals surface area (Å²) < 4.78 is 0. The molecule has 3 heteroatoms. The van der Waals surface area contributed by atoms with Gasteiger partial charge >= 0.3 is 0 Å². The molecule has 0 radical (unpaired) electrons. The summed E-state index contributed by atoms with van der Waals surface area (Å²) in [5.74, 6) is 1.91. The SMILES string of the molecule is CCCSc1ccnc(-c2ccccc2)n1. The molecule has 2 nitrogen and oxygen atoms in total. The van der Waals surface area contributed by atoms with Gasteiger partial charge in [0, 0.05) is 11.8 Å². The molecule has 0 aliphatic rings. The first kappa shape index (κ1) is 11.1. The van der Waals surface area contributed by atoms with Crippen molar-refractivity contribution in [2.24, 2.45) is 0 Å². The maximum Gasteiger partial charge on any atom is 0.160 e. The maximum absolute atomic E-state index is 4.53. The lowest BCUT2D eigenvalue weighted by atomic mass is 10.2. The van der Waals surface area contributed by atoms with Crippen molar-refractivity contribution in [1.82, 2.24) is 9.97 Å². The highest BCUT2D eigenvalue weighted by molar-refractivity contribution is 7.99. The predicted molar refractivity (Wildman–Crippen MR) is 68.5 cm³/mol. The number of thioether (sulfide) groups is 1. The Bertz CT molecular complexity index is 443. The van der Waals surface area contributed by atoms with E-state index in [9.17, 15) is 0 Å². The molecule has 1 aromatic carbocycles. The van der Waals surface area contributed by atoms with E-state index >= 15 is 0 Å². The summed E-state index contributed by atoms with van der Waals surface area (Å²) in [7, 11) is 0. The van der Waals surface area contributed by atoms with Crippen molar-refractivity contribution in [3.05, 3.63) is 42.6 Å². The Hall–Kier alpha value is -1.35. The van der Waals surface area contributed by atoms with Crippen LogP contribution in [0, 0.1) is 0 Å². The van der Waals surface area contributed by atoms with Crippen LogP contribution >= 0.6 is 11.8 Å². The summed E-state index contributed by atoms with van der Waals surface area (Å²) in [5, 5.41) is 1.05. The van der Waals surface area contributed by atoms with Gasteiger partial charge in [0.05, 0.1) is 0 Å². The van der Waals surface area contributed by atoms with Crippen LogP contribution in [0.15, 0.2) is 47.6 Å². The van der Waals surface area contributed by atoms with Gasteiger partial charge in [-0.05, 0) is 18.2 Å². The largest absolute Gasteiger partial charge is 0.237 e. The zero-order valence-corrected chi connectivity index (χ0v) is 10.1. The number of hydrogen-bond donors (Lipinski definition) is 0. The molecule has 16 heavy (non-hydrogen) atoms. The Balaban J connectivity index is 2.22. The molecule has 2 rings (SSSR count). The van der Waals surface area contributed by atoms with E-state index in [-0.39, 0.29) is 0 Å². The van der Waals surface area contributed by atoms with Crippen LogP contribution in [0.2, 0.25) is 0 Å². The number of rotatable bonds is 4. The van der Waals surface area contributed by atoms with E-state index in [2.05, 4.69) is 16.9 Å². The molecule has 0 unspecified atom stereocenters. The Morgan fingerprint density at radius 3 is 2.69 bits per heavy atom. The van der Waals surface area contributed by atoms with Crippen LogP contribution in [0.1, 0.15) is 13.3 Å². The van der Waals surface area contributed by atoms with Gasteiger partial charge in [0.25, 0.3) is 0 Å². The van der Waals surface area contributed by atoms with E-state index in [4.69, 9.17) is 0 Å². The molecule has 0 aliphatic carbocycles. The lowest BCUT2D eigenvalue weighted by Gasteiger charge is -2.02.